The number of thiazole rings is 1. The molecule has 4 heteroatoms. The molecule has 0 aliphatic carbocycles. The molecular formula is C14H18N2OS. The monoisotopic (exact) mass is 262 g/mol. The highest BCUT2D eigenvalue weighted by molar-refractivity contribution is 7.09. The summed E-state index contributed by atoms with van der Waals surface area (Å²) in [5, 5.41) is 2.95. The summed E-state index contributed by atoms with van der Waals surface area (Å²) >= 11 is 1.59. The summed E-state index contributed by atoms with van der Waals surface area (Å²) in [4.78, 5) is 4.44. The highest BCUT2D eigenvalue weighted by Gasteiger charge is 2.07. The fraction of sp³-hybridized carbons (Fsp3) is 0.357. The molecule has 0 saturated carbocycles. The Morgan fingerprint density at radius 3 is 2.78 bits per heavy atom. The van der Waals surface area contributed by atoms with Crippen molar-refractivity contribution in [1.29, 1.82) is 0 Å². The second kappa shape index (κ2) is 5.50. The largest absolute Gasteiger partial charge is 0.486 e. The molecule has 2 rings (SSSR count). The molecule has 3 nitrogen and oxygen atoms in total. The van der Waals surface area contributed by atoms with Crippen LogP contribution in [0.1, 0.15) is 34.8 Å². The Bertz CT molecular complexity index is 534. The first kappa shape index (κ1) is 13.1. The lowest BCUT2D eigenvalue weighted by Gasteiger charge is -2.08. The Balaban J connectivity index is 2.02. The number of aryl methyl sites for hydroxylation is 2. The van der Waals surface area contributed by atoms with Crippen molar-refractivity contribution in [2.45, 2.75) is 33.4 Å². The highest BCUT2D eigenvalue weighted by atomic mass is 32.1. The van der Waals surface area contributed by atoms with Gasteiger partial charge in [0.1, 0.15) is 17.4 Å². The van der Waals surface area contributed by atoms with Crippen LogP contribution in [0.25, 0.3) is 0 Å². The van der Waals surface area contributed by atoms with Crippen molar-refractivity contribution in [3.8, 4) is 5.75 Å². The molecule has 0 saturated heterocycles. The van der Waals surface area contributed by atoms with E-state index in [4.69, 9.17) is 10.5 Å². The molecule has 0 radical (unpaired) electrons. The fourth-order valence-electron chi connectivity index (χ4n) is 1.70. The van der Waals surface area contributed by atoms with Crippen LogP contribution in [0.4, 0.5) is 0 Å². The van der Waals surface area contributed by atoms with Crippen LogP contribution in [-0.2, 0) is 6.61 Å². The summed E-state index contributed by atoms with van der Waals surface area (Å²) in [5.74, 6) is 0.915. The number of hydrogen-bond acceptors (Lipinski definition) is 4. The van der Waals surface area contributed by atoms with E-state index in [2.05, 4.69) is 31.0 Å². The minimum absolute atomic E-state index is 0.0175. The number of rotatable bonds is 4. The van der Waals surface area contributed by atoms with Crippen molar-refractivity contribution in [2.75, 3.05) is 0 Å². The lowest BCUT2D eigenvalue weighted by molar-refractivity contribution is 0.303. The van der Waals surface area contributed by atoms with Gasteiger partial charge in [0.2, 0.25) is 0 Å². The lowest BCUT2D eigenvalue weighted by Crippen LogP contribution is -2.05. The lowest BCUT2D eigenvalue weighted by atomic mass is 10.1. The SMILES string of the molecule is Cc1ccc(OCc2nc(C(C)N)cs2)c(C)c1. The summed E-state index contributed by atoms with van der Waals surface area (Å²) in [7, 11) is 0. The van der Waals surface area contributed by atoms with Gasteiger partial charge < -0.3 is 10.5 Å². The molecule has 1 heterocycles. The van der Waals surface area contributed by atoms with Gasteiger partial charge in [-0.15, -0.1) is 11.3 Å². The van der Waals surface area contributed by atoms with Crippen molar-refractivity contribution in [2.24, 2.45) is 5.73 Å². The van der Waals surface area contributed by atoms with Gasteiger partial charge in [-0.25, -0.2) is 4.98 Å². The van der Waals surface area contributed by atoms with Crippen LogP contribution in [0.2, 0.25) is 0 Å². The molecule has 1 aromatic carbocycles. The van der Waals surface area contributed by atoms with E-state index in [1.807, 2.05) is 18.4 Å². The molecule has 1 atom stereocenters. The predicted molar refractivity (Wildman–Crippen MR) is 75.0 cm³/mol. The highest BCUT2D eigenvalue weighted by Crippen LogP contribution is 2.21. The second-order valence-corrected chi connectivity index (χ2v) is 5.46. The number of nitrogens with zero attached hydrogens (tertiary/aromatic N) is 1. The first-order valence-electron chi connectivity index (χ1n) is 5.96. The normalized spacial score (nSPS) is 12.4. The Morgan fingerprint density at radius 1 is 1.39 bits per heavy atom. The van der Waals surface area contributed by atoms with E-state index in [0.29, 0.717) is 6.61 Å². The van der Waals surface area contributed by atoms with E-state index in [1.54, 1.807) is 11.3 Å². The molecule has 2 aromatic rings. The smallest absolute Gasteiger partial charge is 0.140 e. The third-order valence-corrected chi connectivity index (χ3v) is 3.56. The second-order valence-electron chi connectivity index (χ2n) is 4.51. The van der Waals surface area contributed by atoms with E-state index in [0.717, 1.165) is 22.0 Å². The van der Waals surface area contributed by atoms with Crippen LogP contribution in [0.15, 0.2) is 23.6 Å². The molecular weight excluding hydrogens is 244 g/mol. The Labute approximate surface area is 112 Å². The molecule has 0 fully saturated rings. The van der Waals surface area contributed by atoms with Crippen molar-refractivity contribution in [3.05, 3.63) is 45.4 Å². The summed E-state index contributed by atoms with van der Waals surface area (Å²) in [6.45, 7) is 6.56. The zero-order chi connectivity index (χ0) is 13.1. The maximum Gasteiger partial charge on any atom is 0.140 e. The molecule has 0 aliphatic heterocycles. The maximum absolute atomic E-state index is 5.78. The number of hydrogen-bond donors (Lipinski definition) is 1. The van der Waals surface area contributed by atoms with Gasteiger partial charge >= 0.3 is 0 Å². The first-order valence-corrected chi connectivity index (χ1v) is 6.84. The molecule has 1 unspecified atom stereocenters. The molecule has 0 bridgehead atoms. The van der Waals surface area contributed by atoms with Gasteiger partial charge in [0.15, 0.2) is 0 Å². The topological polar surface area (TPSA) is 48.1 Å². The van der Waals surface area contributed by atoms with E-state index >= 15 is 0 Å². The average molecular weight is 262 g/mol. The molecule has 18 heavy (non-hydrogen) atoms. The van der Waals surface area contributed by atoms with Gasteiger partial charge in [-0.1, -0.05) is 17.7 Å². The minimum Gasteiger partial charge on any atom is -0.486 e. The predicted octanol–water partition coefficient (Wildman–Crippen LogP) is 3.36. The molecule has 1 aromatic heterocycles. The zero-order valence-corrected chi connectivity index (χ0v) is 11.8. The standard InChI is InChI=1S/C14H18N2OS/c1-9-4-5-13(10(2)6-9)17-7-14-16-12(8-18-14)11(3)15/h4-6,8,11H,7,15H2,1-3H3. The van der Waals surface area contributed by atoms with Crippen molar-refractivity contribution >= 4 is 11.3 Å². The van der Waals surface area contributed by atoms with E-state index < -0.39 is 0 Å². The minimum atomic E-state index is -0.0175. The van der Waals surface area contributed by atoms with E-state index in [1.165, 1.54) is 5.56 Å². The van der Waals surface area contributed by atoms with E-state index in [9.17, 15) is 0 Å². The van der Waals surface area contributed by atoms with Gasteiger partial charge in [0, 0.05) is 11.4 Å². The van der Waals surface area contributed by atoms with Crippen molar-refractivity contribution in [1.82, 2.24) is 4.98 Å². The van der Waals surface area contributed by atoms with Crippen LogP contribution >= 0.6 is 11.3 Å². The van der Waals surface area contributed by atoms with Crippen LogP contribution in [0.3, 0.4) is 0 Å². The zero-order valence-electron chi connectivity index (χ0n) is 10.9. The number of aromatic nitrogens is 1. The van der Waals surface area contributed by atoms with Gasteiger partial charge in [-0.3, -0.25) is 0 Å². The molecule has 0 spiro atoms. The van der Waals surface area contributed by atoms with Gasteiger partial charge in [-0.2, -0.15) is 0 Å². The van der Waals surface area contributed by atoms with Gasteiger partial charge in [0.25, 0.3) is 0 Å². The van der Waals surface area contributed by atoms with Crippen LogP contribution < -0.4 is 10.5 Å². The van der Waals surface area contributed by atoms with Crippen LogP contribution in [0.5, 0.6) is 5.75 Å². The van der Waals surface area contributed by atoms with Gasteiger partial charge in [0.05, 0.1) is 5.69 Å². The number of nitrogens with two attached hydrogens (primary N) is 1. The van der Waals surface area contributed by atoms with Crippen LogP contribution in [0, 0.1) is 13.8 Å². The summed E-state index contributed by atoms with van der Waals surface area (Å²) in [6.07, 6.45) is 0. The molecule has 96 valence electrons. The third-order valence-electron chi connectivity index (χ3n) is 2.72. The fourth-order valence-corrected chi connectivity index (χ4v) is 2.51. The van der Waals surface area contributed by atoms with Crippen molar-refractivity contribution in [3.63, 3.8) is 0 Å². The summed E-state index contributed by atoms with van der Waals surface area (Å²) in [6, 6.07) is 6.16. The third kappa shape index (κ3) is 3.09. The molecule has 0 amide bonds. The maximum atomic E-state index is 5.78. The Hall–Kier alpha value is -1.39. The quantitative estimate of drug-likeness (QED) is 0.919. The Kier molecular flexibility index (Phi) is 3.99. The number of benzene rings is 1. The Morgan fingerprint density at radius 2 is 2.17 bits per heavy atom. The molecule has 0 aliphatic rings. The van der Waals surface area contributed by atoms with Gasteiger partial charge in [-0.05, 0) is 32.4 Å². The summed E-state index contributed by atoms with van der Waals surface area (Å²) in [5.41, 5.74) is 9.10. The van der Waals surface area contributed by atoms with Crippen molar-refractivity contribution < 1.29 is 4.74 Å². The average Bonchev–Trinajstić information content (AvgIpc) is 2.76. The van der Waals surface area contributed by atoms with E-state index in [-0.39, 0.29) is 6.04 Å². The molecule has 2 N–H and O–H groups in total. The first-order chi connectivity index (χ1) is 8.56. The summed E-state index contributed by atoms with van der Waals surface area (Å²) < 4.78 is 5.78. The number of ether oxygens (including phenoxy) is 1. The van der Waals surface area contributed by atoms with Crippen LogP contribution in [-0.4, -0.2) is 4.98 Å².